The standard InChI is InChI=1S/C16H18N6O3S/c1-16(2,20-15(23)11-8-18-6-7-19-11)9-25-12-5-3-4-10-13(12)14(17)22-26(24)21-10/h3-8,21H,9H2,1-2H3,(H2,17,22)(H,20,23). The summed E-state index contributed by atoms with van der Waals surface area (Å²) in [6, 6.07) is 5.22. The minimum Gasteiger partial charge on any atom is -0.490 e. The molecule has 4 N–H and O–H groups in total. The number of amides is 1. The average molecular weight is 374 g/mol. The lowest BCUT2D eigenvalue weighted by atomic mass is 10.1. The Balaban J connectivity index is 1.71. The van der Waals surface area contributed by atoms with Gasteiger partial charge in [0.25, 0.3) is 5.91 Å². The van der Waals surface area contributed by atoms with Gasteiger partial charge in [-0.25, -0.2) is 9.19 Å². The third-order valence-corrected chi connectivity index (χ3v) is 4.25. The molecule has 26 heavy (non-hydrogen) atoms. The van der Waals surface area contributed by atoms with Crippen molar-refractivity contribution in [2.75, 3.05) is 11.3 Å². The zero-order valence-electron chi connectivity index (χ0n) is 14.2. The number of aromatic nitrogens is 2. The summed E-state index contributed by atoms with van der Waals surface area (Å²) >= 11 is -1.60. The maximum absolute atomic E-state index is 12.2. The predicted octanol–water partition coefficient (Wildman–Crippen LogP) is 0.773. The van der Waals surface area contributed by atoms with Gasteiger partial charge in [-0.15, -0.1) is 0 Å². The molecule has 136 valence electrons. The van der Waals surface area contributed by atoms with Crippen LogP contribution in [0.5, 0.6) is 5.75 Å². The lowest BCUT2D eigenvalue weighted by Gasteiger charge is -2.27. The smallest absolute Gasteiger partial charge is 0.272 e. The first kappa shape index (κ1) is 17.8. The first-order valence-corrected chi connectivity index (χ1v) is 8.84. The molecule has 0 spiro atoms. The van der Waals surface area contributed by atoms with Gasteiger partial charge < -0.3 is 15.8 Å². The molecule has 1 aliphatic heterocycles. The number of ether oxygens (including phenoxy) is 1. The topological polar surface area (TPSA) is 132 Å². The van der Waals surface area contributed by atoms with E-state index in [0.717, 1.165) is 0 Å². The summed E-state index contributed by atoms with van der Waals surface area (Å²) < 4.78 is 23.9. The average Bonchev–Trinajstić information content (AvgIpc) is 2.60. The molecule has 1 aromatic heterocycles. The van der Waals surface area contributed by atoms with Crippen molar-refractivity contribution < 1.29 is 13.7 Å². The van der Waals surface area contributed by atoms with Crippen LogP contribution in [0.2, 0.25) is 0 Å². The summed E-state index contributed by atoms with van der Waals surface area (Å²) in [4.78, 5) is 20.1. The summed E-state index contributed by atoms with van der Waals surface area (Å²) in [5.74, 6) is 0.267. The van der Waals surface area contributed by atoms with Gasteiger partial charge in [0.15, 0.2) is 0 Å². The number of anilines is 1. The number of fused-ring (bicyclic) bond motifs is 1. The molecule has 10 heteroatoms. The van der Waals surface area contributed by atoms with Crippen LogP contribution >= 0.6 is 0 Å². The summed E-state index contributed by atoms with van der Waals surface area (Å²) in [6.07, 6.45) is 4.34. The van der Waals surface area contributed by atoms with E-state index in [1.165, 1.54) is 18.6 Å². The Labute approximate surface area is 152 Å². The normalized spacial score (nSPS) is 16.1. The van der Waals surface area contributed by atoms with E-state index < -0.39 is 16.7 Å². The highest BCUT2D eigenvalue weighted by molar-refractivity contribution is 7.85. The van der Waals surface area contributed by atoms with Crippen LogP contribution < -0.4 is 20.5 Å². The van der Waals surface area contributed by atoms with Crippen molar-refractivity contribution in [3.05, 3.63) is 48.0 Å². The molecular weight excluding hydrogens is 356 g/mol. The van der Waals surface area contributed by atoms with Gasteiger partial charge in [0.05, 0.1) is 23.0 Å². The first-order chi connectivity index (χ1) is 12.4. The number of rotatable bonds is 5. The Morgan fingerprint density at radius 3 is 2.92 bits per heavy atom. The maximum Gasteiger partial charge on any atom is 0.272 e. The number of hydrogen-bond donors (Lipinski definition) is 3. The van der Waals surface area contributed by atoms with E-state index in [2.05, 4.69) is 24.4 Å². The number of nitrogens with two attached hydrogens (primary N) is 1. The van der Waals surface area contributed by atoms with E-state index in [1.807, 2.05) is 13.8 Å². The lowest BCUT2D eigenvalue weighted by Crippen LogP contribution is -2.48. The van der Waals surface area contributed by atoms with Crippen molar-refractivity contribution >= 4 is 28.6 Å². The molecule has 0 bridgehead atoms. The third-order valence-electron chi connectivity index (χ3n) is 3.50. The number of amidine groups is 1. The van der Waals surface area contributed by atoms with Crippen LogP contribution in [-0.2, 0) is 11.2 Å². The predicted molar refractivity (Wildman–Crippen MR) is 98.0 cm³/mol. The zero-order chi connectivity index (χ0) is 18.7. The Morgan fingerprint density at radius 1 is 1.38 bits per heavy atom. The van der Waals surface area contributed by atoms with E-state index in [-0.39, 0.29) is 24.0 Å². The monoisotopic (exact) mass is 374 g/mol. The fraction of sp³-hybridized carbons (Fsp3) is 0.250. The number of nitrogens with one attached hydrogen (secondary N) is 2. The largest absolute Gasteiger partial charge is 0.490 e. The highest BCUT2D eigenvalue weighted by Gasteiger charge is 2.25. The molecule has 0 saturated carbocycles. The molecule has 2 heterocycles. The molecule has 1 aromatic carbocycles. The summed E-state index contributed by atoms with van der Waals surface area (Å²) in [6.45, 7) is 3.81. The van der Waals surface area contributed by atoms with E-state index in [4.69, 9.17) is 10.5 Å². The van der Waals surface area contributed by atoms with E-state index >= 15 is 0 Å². The van der Waals surface area contributed by atoms with Crippen LogP contribution in [0.3, 0.4) is 0 Å². The second kappa shape index (κ2) is 7.08. The van der Waals surface area contributed by atoms with Crippen LogP contribution in [-0.4, -0.2) is 38.1 Å². The Kier molecular flexibility index (Phi) is 4.85. The lowest BCUT2D eigenvalue weighted by molar-refractivity contribution is 0.0875. The second-order valence-corrected chi connectivity index (χ2v) is 7.11. The fourth-order valence-corrected chi connectivity index (χ4v) is 3.01. The maximum atomic E-state index is 12.2. The molecule has 0 fully saturated rings. The number of benzene rings is 1. The number of carbonyl (C=O) groups excluding carboxylic acids is 1. The molecule has 3 rings (SSSR count). The molecule has 1 atom stereocenters. The van der Waals surface area contributed by atoms with Gasteiger partial charge in [-0.1, -0.05) is 6.07 Å². The SMILES string of the molecule is CC(C)(COc1cccc2c1C(N)=NS(=O)N2)NC(=O)c1cnccn1. The molecule has 9 nitrogen and oxygen atoms in total. The molecule has 0 saturated heterocycles. The molecule has 0 radical (unpaired) electrons. The zero-order valence-corrected chi connectivity index (χ0v) is 15.0. The van der Waals surface area contributed by atoms with E-state index in [1.54, 1.807) is 18.2 Å². The Bertz CT molecular complexity index is 885. The van der Waals surface area contributed by atoms with Gasteiger partial charge in [-0.3, -0.25) is 14.5 Å². The van der Waals surface area contributed by atoms with Crippen molar-refractivity contribution in [1.82, 2.24) is 15.3 Å². The Hall–Kier alpha value is -3.01. The van der Waals surface area contributed by atoms with Gasteiger partial charge in [-0.05, 0) is 26.0 Å². The highest BCUT2D eigenvalue weighted by Crippen LogP contribution is 2.30. The molecule has 1 unspecified atom stereocenters. The third kappa shape index (κ3) is 3.97. The molecule has 2 aromatic rings. The number of hydrogen-bond acceptors (Lipinski definition) is 6. The van der Waals surface area contributed by atoms with Gasteiger partial charge in [0.1, 0.15) is 23.9 Å². The van der Waals surface area contributed by atoms with Gasteiger partial charge >= 0.3 is 0 Å². The van der Waals surface area contributed by atoms with Crippen molar-refractivity contribution in [3.8, 4) is 5.75 Å². The van der Waals surface area contributed by atoms with Crippen molar-refractivity contribution in [3.63, 3.8) is 0 Å². The minimum atomic E-state index is -1.60. The van der Waals surface area contributed by atoms with Crippen LogP contribution in [0.15, 0.2) is 41.2 Å². The number of nitrogens with zero attached hydrogens (tertiary/aromatic N) is 3. The Morgan fingerprint density at radius 2 is 2.19 bits per heavy atom. The molecule has 0 aliphatic carbocycles. The molecule has 1 aliphatic rings. The van der Waals surface area contributed by atoms with Crippen LogP contribution in [0, 0.1) is 0 Å². The minimum absolute atomic E-state index is 0.133. The fourth-order valence-electron chi connectivity index (χ4n) is 2.33. The second-order valence-electron chi connectivity index (χ2n) is 6.22. The van der Waals surface area contributed by atoms with Gasteiger partial charge in [0.2, 0.25) is 11.2 Å². The van der Waals surface area contributed by atoms with Crippen molar-refractivity contribution in [2.24, 2.45) is 10.1 Å². The summed E-state index contributed by atoms with van der Waals surface area (Å²) in [5.41, 5.74) is 6.55. The van der Waals surface area contributed by atoms with E-state index in [9.17, 15) is 9.00 Å². The summed E-state index contributed by atoms with van der Waals surface area (Å²) in [7, 11) is 0. The van der Waals surface area contributed by atoms with Crippen molar-refractivity contribution in [1.29, 1.82) is 0 Å². The highest BCUT2D eigenvalue weighted by atomic mass is 32.2. The molecular formula is C16H18N6O3S. The number of carbonyl (C=O) groups is 1. The summed E-state index contributed by atoms with van der Waals surface area (Å²) in [5, 5.41) is 2.85. The van der Waals surface area contributed by atoms with Crippen LogP contribution in [0.1, 0.15) is 29.9 Å². The quantitative estimate of drug-likeness (QED) is 0.708. The van der Waals surface area contributed by atoms with Gasteiger partial charge in [-0.2, -0.15) is 4.40 Å². The van der Waals surface area contributed by atoms with Crippen LogP contribution in [0.25, 0.3) is 0 Å². The molecule has 1 amide bonds. The van der Waals surface area contributed by atoms with Gasteiger partial charge in [0, 0.05) is 12.4 Å². The van der Waals surface area contributed by atoms with E-state index in [0.29, 0.717) is 17.0 Å². The first-order valence-electron chi connectivity index (χ1n) is 7.73. The van der Waals surface area contributed by atoms with Crippen molar-refractivity contribution in [2.45, 2.75) is 19.4 Å². The van der Waals surface area contributed by atoms with Crippen LogP contribution in [0.4, 0.5) is 5.69 Å².